The van der Waals surface area contributed by atoms with Gasteiger partial charge in [0.05, 0.1) is 15.5 Å². The van der Waals surface area contributed by atoms with Gasteiger partial charge in [0.1, 0.15) is 16.6 Å². The van der Waals surface area contributed by atoms with Crippen LogP contribution in [0.5, 0.6) is 0 Å². The molecule has 2 heterocycles. The fourth-order valence-electron chi connectivity index (χ4n) is 2.15. The third-order valence-corrected chi connectivity index (χ3v) is 6.54. The molecular weight excluding hydrogens is 418 g/mol. The molecule has 0 saturated heterocycles. The number of primary amides is 1. The largest absolute Gasteiger partial charge is 0.360 e. The van der Waals surface area contributed by atoms with Crippen LogP contribution in [0.1, 0.15) is 5.01 Å². The molecule has 0 aliphatic heterocycles. The number of benzene rings is 1. The van der Waals surface area contributed by atoms with Crippen molar-refractivity contribution in [1.29, 1.82) is 5.26 Å². The number of thiazole rings is 1. The van der Waals surface area contributed by atoms with Gasteiger partial charge in [-0.2, -0.15) is 5.26 Å². The zero-order chi connectivity index (χ0) is 20.1. The van der Waals surface area contributed by atoms with Crippen LogP contribution in [0, 0.1) is 11.3 Å². The average Bonchev–Trinajstić information content (AvgIpc) is 3.33. The van der Waals surface area contributed by atoms with E-state index >= 15 is 0 Å². The van der Waals surface area contributed by atoms with Crippen LogP contribution >= 0.6 is 22.7 Å². The minimum Gasteiger partial charge on any atom is -0.360 e. The van der Waals surface area contributed by atoms with Crippen molar-refractivity contribution in [1.82, 2.24) is 9.71 Å². The second-order valence-electron chi connectivity index (χ2n) is 5.32. The Balaban J connectivity index is 1.75. The molecule has 2 amide bonds. The van der Waals surface area contributed by atoms with Crippen LogP contribution in [0.2, 0.25) is 0 Å². The molecule has 0 atom stereocenters. The standard InChI is InChI=1S/C17H13N5O3S3/c18-8-11(16-21-14(10-27-16)15-2-1-7-26-15)9-20-12-3-5-13(6-4-12)28(24,25)22-17(19)23/h1-7,9-10,20H,(H3,19,22,23). The lowest BCUT2D eigenvalue weighted by Crippen LogP contribution is -2.34. The summed E-state index contributed by atoms with van der Waals surface area (Å²) in [5, 5.41) is 16.8. The van der Waals surface area contributed by atoms with Crippen molar-refractivity contribution >= 4 is 50.0 Å². The number of anilines is 1. The molecule has 3 rings (SSSR count). The second kappa shape index (κ2) is 8.22. The minimum absolute atomic E-state index is 0.109. The van der Waals surface area contributed by atoms with Crippen molar-refractivity contribution in [2.75, 3.05) is 5.32 Å². The van der Waals surface area contributed by atoms with Gasteiger partial charge in [-0.1, -0.05) is 6.07 Å². The fraction of sp³-hybridized carbons (Fsp3) is 0. The Kier molecular flexibility index (Phi) is 5.74. The molecule has 0 aliphatic carbocycles. The van der Waals surface area contributed by atoms with Crippen molar-refractivity contribution in [2.24, 2.45) is 5.73 Å². The van der Waals surface area contributed by atoms with Crippen molar-refractivity contribution < 1.29 is 13.2 Å². The molecule has 0 saturated carbocycles. The molecule has 11 heteroatoms. The molecule has 0 radical (unpaired) electrons. The molecule has 2 aromatic heterocycles. The van der Waals surface area contributed by atoms with E-state index in [9.17, 15) is 18.5 Å². The number of amides is 2. The summed E-state index contributed by atoms with van der Waals surface area (Å²) in [5.74, 6) is 0. The Bertz CT molecular complexity index is 1160. The van der Waals surface area contributed by atoms with Crippen LogP contribution < -0.4 is 15.8 Å². The van der Waals surface area contributed by atoms with E-state index in [1.165, 1.54) is 41.8 Å². The molecule has 0 fully saturated rings. The van der Waals surface area contributed by atoms with E-state index in [0.717, 1.165) is 10.6 Å². The van der Waals surface area contributed by atoms with Crippen molar-refractivity contribution in [3.05, 3.63) is 58.4 Å². The Morgan fingerprint density at radius 3 is 2.57 bits per heavy atom. The first kappa shape index (κ1) is 19.6. The molecular formula is C17H13N5O3S3. The van der Waals surface area contributed by atoms with Gasteiger partial charge in [-0.25, -0.2) is 22.9 Å². The van der Waals surface area contributed by atoms with E-state index in [2.05, 4.69) is 16.4 Å². The SMILES string of the molecule is N#CC(=CNc1ccc(S(=O)(=O)NC(N)=O)cc1)c1nc(-c2cccs2)cs1. The Hall–Kier alpha value is -3.20. The maximum absolute atomic E-state index is 11.9. The second-order valence-corrected chi connectivity index (χ2v) is 8.81. The van der Waals surface area contributed by atoms with E-state index in [1.807, 2.05) is 22.9 Å². The van der Waals surface area contributed by atoms with Gasteiger partial charge in [0, 0.05) is 17.3 Å². The summed E-state index contributed by atoms with van der Waals surface area (Å²) >= 11 is 2.93. The van der Waals surface area contributed by atoms with Gasteiger partial charge in [0.25, 0.3) is 10.0 Å². The number of hydrogen-bond donors (Lipinski definition) is 3. The lowest BCUT2D eigenvalue weighted by Gasteiger charge is -2.06. The third kappa shape index (κ3) is 4.55. The highest BCUT2D eigenvalue weighted by Gasteiger charge is 2.15. The van der Waals surface area contributed by atoms with Gasteiger partial charge in [0.2, 0.25) is 0 Å². The zero-order valence-electron chi connectivity index (χ0n) is 14.1. The van der Waals surface area contributed by atoms with E-state index in [-0.39, 0.29) is 4.90 Å². The number of hydrogen-bond acceptors (Lipinski definition) is 8. The highest BCUT2D eigenvalue weighted by atomic mass is 32.2. The van der Waals surface area contributed by atoms with Crippen LogP contribution in [0.15, 0.2) is 58.3 Å². The van der Waals surface area contributed by atoms with Crippen molar-refractivity contribution in [3.63, 3.8) is 0 Å². The number of rotatable bonds is 6. The number of thiophene rings is 1. The van der Waals surface area contributed by atoms with E-state index in [0.29, 0.717) is 16.3 Å². The van der Waals surface area contributed by atoms with Crippen molar-refractivity contribution in [3.8, 4) is 16.6 Å². The molecule has 1 aromatic carbocycles. The van der Waals surface area contributed by atoms with Crippen LogP contribution in [-0.4, -0.2) is 19.4 Å². The molecule has 8 nitrogen and oxygen atoms in total. The minimum atomic E-state index is -4.00. The number of nitrogens with two attached hydrogens (primary N) is 1. The van der Waals surface area contributed by atoms with Crippen LogP contribution in [0.25, 0.3) is 16.1 Å². The van der Waals surface area contributed by atoms with E-state index < -0.39 is 16.1 Å². The predicted molar refractivity (Wildman–Crippen MR) is 109 cm³/mol. The normalized spacial score (nSPS) is 11.6. The van der Waals surface area contributed by atoms with Crippen LogP contribution in [-0.2, 0) is 10.0 Å². The number of carbonyl (C=O) groups is 1. The smallest absolute Gasteiger partial charge is 0.326 e. The molecule has 142 valence electrons. The monoisotopic (exact) mass is 431 g/mol. The lowest BCUT2D eigenvalue weighted by molar-refractivity contribution is 0.253. The molecule has 4 N–H and O–H groups in total. The van der Waals surface area contributed by atoms with E-state index in [1.54, 1.807) is 16.1 Å². The van der Waals surface area contributed by atoms with Crippen LogP contribution in [0.4, 0.5) is 10.5 Å². The number of aromatic nitrogens is 1. The number of sulfonamides is 1. The summed E-state index contributed by atoms with van der Waals surface area (Å²) in [5.41, 5.74) is 6.56. The predicted octanol–water partition coefficient (Wildman–Crippen LogP) is 3.21. The van der Waals surface area contributed by atoms with Gasteiger partial charge < -0.3 is 11.1 Å². The Morgan fingerprint density at radius 2 is 1.96 bits per heavy atom. The number of nitrogens with zero attached hydrogens (tertiary/aromatic N) is 2. The number of carbonyl (C=O) groups excluding carboxylic acids is 1. The summed E-state index contributed by atoms with van der Waals surface area (Å²) in [4.78, 5) is 16.1. The van der Waals surface area contributed by atoms with Gasteiger partial charge in [-0.05, 0) is 35.7 Å². The molecule has 0 aliphatic rings. The number of nitrogens with one attached hydrogen (secondary N) is 2. The highest BCUT2D eigenvalue weighted by Crippen LogP contribution is 2.29. The average molecular weight is 432 g/mol. The van der Waals surface area contributed by atoms with Gasteiger partial charge >= 0.3 is 6.03 Å². The molecule has 28 heavy (non-hydrogen) atoms. The first-order valence-electron chi connectivity index (χ1n) is 7.68. The maximum Gasteiger partial charge on any atom is 0.326 e. The van der Waals surface area contributed by atoms with Crippen molar-refractivity contribution in [2.45, 2.75) is 4.90 Å². The summed E-state index contributed by atoms with van der Waals surface area (Å²) in [6.45, 7) is 0. The number of urea groups is 1. The lowest BCUT2D eigenvalue weighted by atomic mass is 10.3. The molecule has 0 bridgehead atoms. The maximum atomic E-state index is 11.9. The fourth-order valence-corrected chi connectivity index (χ4v) is 4.58. The molecule has 3 aromatic rings. The number of nitriles is 1. The first-order valence-corrected chi connectivity index (χ1v) is 10.9. The summed E-state index contributed by atoms with van der Waals surface area (Å²) < 4.78 is 25.4. The topological polar surface area (TPSA) is 138 Å². The summed E-state index contributed by atoms with van der Waals surface area (Å²) in [7, 11) is -4.00. The number of allylic oxidation sites excluding steroid dienone is 1. The summed E-state index contributed by atoms with van der Waals surface area (Å²) in [6, 6.07) is 10.5. The van der Waals surface area contributed by atoms with Gasteiger partial charge in [-0.3, -0.25) is 0 Å². The summed E-state index contributed by atoms with van der Waals surface area (Å²) in [6.07, 6.45) is 1.50. The highest BCUT2D eigenvalue weighted by molar-refractivity contribution is 7.90. The van der Waals surface area contributed by atoms with Gasteiger partial charge in [-0.15, -0.1) is 22.7 Å². The Labute approximate surface area is 169 Å². The third-order valence-electron chi connectivity index (χ3n) is 3.41. The molecule has 0 unspecified atom stereocenters. The molecule has 0 spiro atoms. The Morgan fingerprint density at radius 1 is 1.21 bits per heavy atom. The first-order chi connectivity index (χ1) is 13.4. The van der Waals surface area contributed by atoms with E-state index in [4.69, 9.17) is 5.73 Å². The quantitative estimate of drug-likeness (QED) is 0.512. The van der Waals surface area contributed by atoms with Gasteiger partial charge in [0.15, 0.2) is 0 Å². The zero-order valence-corrected chi connectivity index (χ0v) is 16.6. The van der Waals surface area contributed by atoms with Crippen LogP contribution in [0.3, 0.4) is 0 Å².